The summed E-state index contributed by atoms with van der Waals surface area (Å²) >= 11 is 0. The van der Waals surface area contributed by atoms with Crippen molar-refractivity contribution in [1.82, 2.24) is 10.2 Å². The number of nitrogens with one attached hydrogen (secondary N) is 1. The number of rotatable bonds is 3. The molecule has 0 aromatic carbocycles. The van der Waals surface area contributed by atoms with Gasteiger partial charge >= 0.3 is 0 Å². The van der Waals surface area contributed by atoms with Crippen LogP contribution in [0.3, 0.4) is 0 Å². The minimum absolute atomic E-state index is 0.0654. The summed E-state index contributed by atoms with van der Waals surface area (Å²) in [5, 5.41) is 2.66. The lowest BCUT2D eigenvalue weighted by Crippen LogP contribution is -2.57. The number of piperazine rings is 1. The van der Waals surface area contributed by atoms with E-state index < -0.39 is 0 Å². The van der Waals surface area contributed by atoms with Gasteiger partial charge in [-0.05, 0) is 6.42 Å². The topological polar surface area (TPSA) is 49.4 Å². The molecule has 2 amide bonds. The van der Waals surface area contributed by atoms with Crippen molar-refractivity contribution in [2.45, 2.75) is 25.8 Å². The summed E-state index contributed by atoms with van der Waals surface area (Å²) in [7, 11) is 0. The molecule has 0 bridgehead atoms. The second kappa shape index (κ2) is 4.66. The summed E-state index contributed by atoms with van der Waals surface area (Å²) in [6, 6.07) is -0.380. The quantitative estimate of drug-likeness (QED) is 0.630. The van der Waals surface area contributed by atoms with Crippen LogP contribution in [0.25, 0.3) is 0 Å². The fourth-order valence-electron chi connectivity index (χ4n) is 1.50. The fourth-order valence-corrected chi connectivity index (χ4v) is 1.50. The average molecular weight is 194 g/mol. The van der Waals surface area contributed by atoms with Gasteiger partial charge in [0.05, 0.1) is 6.54 Å². The van der Waals surface area contributed by atoms with Crippen LogP contribution in [0.5, 0.6) is 0 Å². The van der Waals surface area contributed by atoms with Crippen LogP contribution in [0, 0.1) is 12.3 Å². The van der Waals surface area contributed by atoms with Crippen LogP contribution >= 0.6 is 0 Å². The summed E-state index contributed by atoms with van der Waals surface area (Å²) in [5.74, 6) is 2.18. The highest BCUT2D eigenvalue weighted by molar-refractivity contribution is 5.94. The fraction of sp³-hybridized carbons (Fsp3) is 0.600. The van der Waals surface area contributed by atoms with Gasteiger partial charge in [-0.2, -0.15) is 0 Å². The molecule has 1 aliphatic heterocycles. The molecule has 4 nitrogen and oxygen atoms in total. The Kier molecular flexibility index (Phi) is 3.52. The normalized spacial score (nSPS) is 21.7. The minimum Gasteiger partial charge on any atom is -0.343 e. The van der Waals surface area contributed by atoms with Crippen molar-refractivity contribution in [3.8, 4) is 12.3 Å². The summed E-state index contributed by atoms with van der Waals surface area (Å²) in [5.41, 5.74) is 0. The molecule has 1 atom stereocenters. The third kappa shape index (κ3) is 2.25. The van der Waals surface area contributed by atoms with E-state index in [1.54, 1.807) is 0 Å². The number of hydrogen-bond donors (Lipinski definition) is 1. The number of amides is 2. The van der Waals surface area contributed by atoms with Gasteiger partial charge in [0.25, 0.3) is 0 Å². The summed E-state index contributed by atoms with van der Waals surface area (Å²) < 4.78 is 0. The third-order valence-electron chi connectivity index (χ3n) is 2.14. The van der Waals surface area contributed by atoms with Crippen molar-refractivity contribution in [2.24, 2.45) is 0 Å². The lowest BCUT2D eigenvalue weighted by atomic mass is 10.1. The third-order valence-corrected chi connectivity index (χ3v) is 2.14. The van der Waals surface area contributed by atoms with Crippen molar-refractivity contribution in [2.75, 3.05) is 13.1 Å². The van der Waals surface area contributed by atoms with Gasteiger partial charge in [-0.15, -0.1) is 6.42 Å². The van der Waals surface area contributed by atoms with Gasteiger partial charge in [-0.1, -0.05) is 19.3 Å². The molecule has 0 aromatic heterocycles. The summed E-state index contributed by atoms with van der Waals surface area (Å²) in [6.07, 6.45) is 6.64. The van der Waals surface area contributed by atoms with Crippen molar-refractivity contribution >= 4 is 11.8 Å². The first-order valence-corrected chi connectivity index (χ1v) is 4.70. The smallest absolute Gasteiger partial charge is 0.246 e. The highest BCUT2D eigenvalue weighted by Crippen LogP contribution is 2.06. The molecule has 1 heterocycles. The number of carbonyl (C=O) groups is 2. The van der Waals surface area contributed by atoms with E-state index in [4.69, 9.17) is 6.42 Å². The minimum atomic E-state index is -0.380. The second-order valence-electron chi connectivity index (χ2n) is 3.31. The molecular formula is C10H14N2O2. The highest BCUT2D eigenvalue weighted by Gasteiger charge is 2.30. The van der Waals surface area contributed by atoms with E-state index >= 15 is 0 Å². The molecule has 0 saturated carbocycles. The van der Waals surface area contributed by atoms with Crippen molar-refractivity contribution in [3.05, 3.63) is 0 Å². The molecule has 1 aliphatic rings. The van der Waals surface area contributed by atoms with Gasteiger partial charge in [0.15, 0.2) is 0 Å². The van der Waals surface area contributed by atoms with Crippen LogP contribution in [0.1, 0.15) is 19.8 Å². The Morgan fingerprint density at radius 1 is 1.64 bits per heavy atom. The van der Waals surface area contributed by atoms with Crippen LogP contribution in [0.4, 0.5) is 0 Å². The van der Waals surface area contributed by atoms with Crippen LogP contribution in [0.15, 0.2) is 0 Å². The van der Waals surface area contributed by atoms with Crippen LogP contribution < -0.4 is 5.32 Å². The molecule has 1 fully saturated rings. The molecule has 0 radical (unpaired) electrons. The zero-order valence-corrected chi connectivity index (χ0v) is 8.25. The molecule has 0 aromatic rings. The first-order valence-electron chi connectivity index (χ1n) is 4.70. The Morgan fingerprint density at radius 3 is 2.93 bits per heavy atom. The summed E-state index contributed by atoms with van der Waals surface area (Å²) in [6.45, 7) is 2.27. The van der Waals surface area contributed by atoms with Crippen molar-refractivity contribution in [3.63, 3.8) is 0 Å². The molecular weight excluding hydrogens is 180 g/mol. The SMILES string of the molecule is C#CCN1CC(=O)NC(CCC)C1=O. The van der Waals surface area contributed by atoms with E-state index in [0.29, 0.717) is 6.42 Å². The largest absolute Gasteiger partial charge is 0.343 e. The van der Waals surface area contributed by atoms with E-state index in [9.17, 15) is 9.59 Å². The Hall–Kier alpha value is -1.50. The average Bonchev–Trinajstić information content (AvgIpc) is 2.14. The van der Waals surface area contributed by atoms with Gasteiger partial charge in [0.1, 0.15) is 12.6 Å². The van der Waals surface area contributed by atoms with Gasteiger partial charge < -0.3 is 10.2 Å². The Bertz CT molecular complexity index is 280. The lowest BCUT2D eigenvalue weighted by molar-refractivity contribution is -0.143. The molecule has 1 saturated heterocycles. The predicted octanol–water partition coefficient (Wildman–Crippen LogP) is -0.253. The number of nitrogens with zero attached hydrogens (tertiary/aromatic N) is 1. The maximum atomic E-state index is 11.7. The van der Waals surface area contributed by atoms with Crippen LogP contribution in [-0.2, 0) is 9.59 Å². The predicted molar refractivity (Wildman–Crippen MR) is 52.3 cm³/mol. The maximum Gasteiger partial charge on any atom is 0.246 e. The highest BCUT2D eigenvalue weighted by atomic mass is 16.2. The standard InChI is InChI=1S/C10H14N2O2/c1-3-5-8-10(14)12(6-4-2)7-9(13)11-8/h2,8H,3,5-7H2,1H3,(H,11,13). The zero-order chi connectivity index (χ0) is 10.6. The summed E-state index contributed by atoms with van der Waals surface area (Å²) in [4.78, 5) is 24.3. The Labute approximate surface area is 83.6 Å². The van der Waals surface area contributed by atoms with Crippen LogP contribution in [0.2, 0.25) is 0 Å². The molecule has 1 unspecified atom stereocenters. The van der Waals surface area contributed by atoms with Crippen molar-refractivity contribution in [1.29, 1.82) is 0 Å². The molecule has 14 heavy (non-hydrogen) atoms. The number of hydrogen-bond acceptors (Lipinski definition) is 2. The molecule has 4 heteroatoms. The van der Waals surface area contributed by atoms with E-state index in [1.807, 2.05) is 6.92 Å². The van der Waals surface area contributed by atoms with E-state index in [-0.39, 0.29) is 30.9 Å². The van der Waals surface area contributed by atoms with E-state index in [2.05, 4.69) is 11.2 Å². The molecule has 1 N–H and O–H groups in total. The van der Waals surface area contributed by atoms with Crippen LogP contribution in [-0.4, -0.2) is 35.8 Å². The molecule has 0 aliphatic carbocycles. The Balaban J connectivity index is 2.66. The van der Waals surface area contributed by atoms with Gasteiger partial charge in [0.2, 0.25) is 11.8 Å². The number of carbonyl (C=O) groups excluding carboxylic acids is 2. The van der Waals surface area contributed by atoms with Gasteiger partial charge in [0, 0.05) is 0 Å². The first-order chi connectivity index (χ1) is 6.69. The monoisotopic (exact) mass is 194 g/mol. The molecule has 1 rings (SSSR count). The first kappa shape index (κ1) is 10.6. The maximum absolute atomic E-state index is 11.7. The van der Waals surface area contributed by atoms with Gasteiger partial charge in [-0.25, -0.2) is 0 Å². The lowest BCUT2D eigenvalue weighted by Gasteiger charge is -2.31. The number of terminal acetylenes is 1. The van der Waals surface area contributed by atoms with Gasteiger partial charge in [-0.3, -0.25) is 9.59 Å². The van der Waals surface area contributed by atoms with Crippen molar-refractivity contribution < 1.29 is 9.59 Å². The Morgan fingerprint density at radius 2 is 2.36 bits per heavy atom. The molecule has 0 spiro atoms. The van der Waals surface area contributed by atoms with E-state index in [1.165, 1.54) is 4.90 Å². The second-order valence-corrected chi connectivity index (χ2v) is 3.31. The zero-order valence-electron chi connectivity index (χ0n) is 8.25. The molecule has 76 valence electrons. The van der Waals surface area contributed by atoms with E-state index in [0.717, 1.165) is 6.42 Å².